The fraction of sp³-hybridized carbons (Fsp3) is 0.737. The molecule has 1 rings (SSSR count). The lowest BCUT2D eigenvalue weighted by Crippen LogP contribution is -2.53. The summed E-state index contributed by atoms with van der Waals surface area (Å²) >= 11 is 0. The average Bonchev–Trinajstić information content (AvgIpc) is 2.74. The first-order valence-corrected chi connectivity index (χ1v) is 9.74. The standard InChI is InChI=1S/C19H32N4O7/c1-12(21(5)19(28)22(6)18(27)20(3)4)16(25)30-13(2)15(24)23-11-9-8-10-14(23)17(26)29-7/h12-14H,8-11H2,1-7H3. The summed E-state index contributed by atoms with van der Waals surface area (Å²) in [5.41, 5.74) is 0. The molecule has 0 N–H and O–H groups in total. The summed E-state index contributed by atoms with van der Waals surface area (Å²) in [6, 6.07) is -2.98. The molecule has 11 heteroatoms. The molecule has 0 spiro atoms. The molecule has 1 saturated heterocycles. The molecule has 170 valence electrons. The summed E-state index contributed by atoms with van der Waals surface area (Å²) < 4.78 is 10.0. The molecule has 1 heterocycles. The fourth-order valence-electron chi connectivity index (χ4n) is 3.08. The molecular weight excluding hydrogens is 396 g/mol. The first kappa shape index (κ1) is 25.2. The van der Waals surface area contributed by atoms with Crippen molar-refractivity contribution >= 4 is 29.9 Å². The van der Waals surface area contributed by atoms with Gasteiger partial charge in [0.15, 0.2) is 6.10 Å². The zero-order valence-electron chi connectivity index (χ0n) is 18.7. The second kappa shape index (κ2) is 10.8. The van der Waals surface area contributed by atoms with Crippen LogP contribution in [0.3, 0.4) is 0 Å². The molecule has 1 fully saturated rings. The number of methoxy groups -OCH3 is 1. The highest BCUT2D eigenvalue weighted by atomic mass is 16.6. The van der Waals surface area contributed by atoms with Gasteiger partial charge in [0.05, 0.1) is 7.11 Å². The molecular formula is C19H32N4O7. The number of carbonyl (C=O) groups is 5. The Balaban J connectivity index is 2.77. The third-order valence-corrected chi connectivity index (χ3v) is 5.08. The van der Waals surface area contributed by atoms with Crippen LogP contribution in [0.4, 0.5) is 9.59 Å². The Morgan fingerprint density at radius 1 is 0.967 bits per heavy atom. The van der Waals surface area contributed by atoms with Crippen molar-refractivity contribution in [3.63, 3.8) is 0 Å². The van der Waals surface area contributed by atoms with E-state index in [-0.39, 0.29) is 0 Å². The van der Waals surface area contributed by atoms with Crippen LogP contribution in [-0.2, 0) is 23.9 Å². The Labute approximate surface area is 176 Å². The Morgan fingerprint density at radius 3 is 2.10 bits per heavy atom. The number of hydrogen-bond acceptors (Lipinski definition) is 7. The average molecular weight is 428 g/mol. The van der Waals surface area contributed by atoms with Gasteiger partial charge in [-0.1, -0.05) is 0 Å². The van der Waals surface area contributed by atoms with Crippen LogP contribution >= 0.6 is 0 Å². The van der Waals surface area contributed by atoms with Crippen LogP contribution in [0.1, 0.15) is 33.1 Å². The molecule has 0 aliphatic carbocycles. The molecule has 1 aliphatic rings. The number of hydrogen-bond donors (Lipinski definition) is 0. The zero-order valence-corrected chi connectivity index (χ0v) is 18.7. The van der Waals surface area contributed by atoms with Crippen LogP contribution in [0.2, 0.25) is 0 Å². The van der Waals surface area contributed by atoms with Crippen LogP contribution in [-0.4, -0.2) is 110 Å². The Morgan fingerprint density at radius 2 is 1.57 bits per heavy atom. The number of esters is 2. The molecule has 0 aromatic carbocycles. The molecule has 0 aromatic heterocycles. The van der Waals surface area contributed by atoms with Crippen molar-refractivity contribution < 1.29 is 33.4 Å². The lowest BCUT2D eigenvalue weighted by Gasteiger charge is -2.35. The highest BCUT2D eigenvalue weighted by Crippen LogP contribution is 2.20. The van der Waals surface area contributed by atoms with E-state index in [1.54, 1.807) is 0 Å². The van der Waals surface area contributed by atoms with Crippen LogP contribution in [0.15, 0.2) is 0 Å². The Kier molecular flexibility index (Phi) is 9.06. The van der Waals surface area contributed by atoms with Crippen molar-refractivity contribution in [1.29, 1.82) is 0 Å². The van der Waals surface area contributed by atoms with Gasteiger partial charge in [-0.2, -0.15) is 0 Å². The van der Waals surface area contributed by atoms with Crippen molar-refractivity contribution in [3.05, 3.63) is 0 Å². The molecule has 0 aromatic rings. The Bertz CT molecular complexity index is 682. The first-order valence-electron chi connectivity index (χ1n) is 9.74. The monoisotopic (exact) mass is 428 g/mol. The summed E-state index contributed by atoms with van der Waals surface area (Å²) in [6.45, 7) is 3.22. The third kappa shape index (κ3) is 5.83. The van der Waals surface area contributed by atoms with Crippen LogP contribution in [0, 0.1) is 0 Å². The maximum Gasteiger partial charge on any atom is 0.329 e. The van der Waals surface area contributed by atoms with Gasteiger partial charge < -0.3 is 24.2 Å². The molecule has 0 saturated carbocycles. The van der Waals surface area contributed by atoms with Crippen LogP contribution < -0.4 is 0 Å². The van der Waals surface area contributed by atoms with Crippen molar-refractivity contribution in [2.24, 2.45) is 0 Å². The molecule has 0 bridgehead atoms. The number of likely N-dealkylation sites (tertiary alicyclic amines) is 1. The lowest BCUT2D eigenvalue weighted by atomic mass is 10.0. The number of ether oxygens (including phenoxy) is 2. The number of urea groups is 2. The highest BCUT2D eigenvalue weighted by Gasteiger charge is 2.37. The van der Waals surface area contributed by atoms with E-state index in [1.807, 2.05) is 0 Å². The SMILES string of the molecule is COC(=O)C1CCCCN1C(=O)C(C)OC(=O)C(C)N(C)C(=O)N(C)C(=O)N(C)C. The van der Waals surface area contributed by atoms with Crippen molar-refractivity contribution in [2.75, 3.05) is 41.8 Å². The van der Waals surface area contributed by atoms with Gasteiger partial charge in [0.2, 0.25) is 0 Å². The van der Waals surface area contributed by atoms with Gasteiger partial charge in [-0.25, -0.2) is 24.1 Å². The van der Waals surface area contributed by atoms with Gasteiger partial charge in [0, 0.05) is 34.7 Å². The van der Waals surface area contributed by atoms with E-state index >= 15 is 0 Å². The van der Waals surface area contributed by atoms with E-state index in [9.17, 15) is 24.0 Å². The first-order chi connectivity index (χ1) is 13.9. The summed E-state index contributed by atoms with van der Waals surface area (Å²) in [6.07, 6.45) is 0.870. The predicted octanol–water partition coefficient (Wildman–Crippen LogP) is 0.526. The van der Waals surface area contributed by atoms with E-state index in [1.165, 1.54) is 58.9 Å². The van der Waals surface area contributed by atoms with Crippen LogP contribution in [0.5, 0.6) is 0 Å². The van der Waals surface area contributed by atoms with Gasteiger partial charge in [0.25, 0.3) is 5.91 Å². The molecule has 3 atom stereocenters. The largest absolute Gasteiger partial charge is 0.467 e. The van der Waals surface area contributed by atoms with Gasteiger partial charge in [-0.15, -0.1) is 0 Å². The minimum atomic E-state index is -1.14. The van der Waals surface area contributed by atoms with Crippen LogP contribution in [0.25, 0.3) is 0 Å². The number of imide groups is 1. The quantitative estimate of drug-likeness (QED) is 0.586. The highest BCUT2D eigenvalue weighted by molar-refractivity contribution is 5.95. The molecule has 3 unspecified atom stereocenters. The minimum absolute atomic E-state index is 0.367. The van der Waals surface area contributed by atoms with Gasteiger partial charge in [-0.3, -0.25) is 4.79 Å². The summed E-state index contributed by atoms with van der Waals surface area (Å²) in [4.78, 5) is 66.1. The number of likely N-dealkylation sites (N-methyl/N-ethyl adjacent to an activating group) is 1. The zero-order chi connectivity index (χ0) is 23.2. The van der Waals surface area contributed by atoms with Gasteiger partial charge >= 0.3 is 24.0 Å². The number of piperidine rings is 1. The smallest absolute Gasteiger partial charge is 0.329 e. The predicted molar refractivity (Wildman–Crippen MR) is 106 cm³/mol. The number of amides is 5. The van der Waals surface area contributed by atoms with Crippen molar-refractivity contribution in [2.45, 2.75) is 51.3 Å². The molecule has 5 amide bonds. The summed E-state index contributed by atoms with van der Waals surface area (Å²) in [5.74, 6) is -1.81. The molecule has 1 aliphatic heterocycles. The van der Waals surface area contributed by atoms with Crippen molar-refractivity contribution in [3.8, 4) is 0 Å². The summed E-state index contributed by atoms with van der Waals surface area (Å²) in [5, 5.41) is 0. The number of rotatable bonds is 5. The third-order valence-electron chi connectivity index (χ3n) is 5.08. The van der Waals surface area contributed by atoms with Crippen molar-refractivity contribution in [1.82, 2.24) is 19.6 Å². The van der Waals surface area contributed by atoms with E-state index in [2.05, 4.69) is 0 Å². The van der Waals surface area contributed by atoms with E-state index in [4.69, 9.17) is 9.47 Å². The maximum atomic E-state index is 12.8. The van der Waals surface area contributed by atoms with Gasteiger partial charge in [-0.05, 0) is 33.1 Å². The second-order valence-electron chi connectivity index (χ2n) is 7.45. The van der Waals surface area contributed by atoms with E-state index in [0.717, 1.165) is 22.6 Å². The van der Waals surface area contributed by atoms with E-state index in [0.29, 0.717) is 13.0 Å². The Hall–Kier alpha value is -2.85. The van der Waals surface area contributed by atoms with E-state index < -0.39 is 48.1 Å². The minimum Gasteiger partial charge on any atom is -0.467 e. The number of carbonyl (C=O) groups excluding carboxylic acids is 5. The normalized spacial score (nSPS) is 18.0. The fourth-order valence-corrected chi connectivity index (χ4v) is 3.08. The second-order valence-corrected chi connectivity index (χ2v) is 7.45. The number of nitrogens with zero attached hydrogens (tertiary/aromatic N) is 4. The summed E-state index contributed by atoms with van der Waals surface area (Å²) in [7, 11) is 6.92. The molecule has 0 radical (unpaired) electrons. The molecule has 11 nitrogen and oxygen atoms in total. The molecule has 30 heavy (non-hydrogen) atoms. The lowest BCUT2D eigenvalue weighted by molar-refractivity contribution is -0.167. The van der Waals surface area contributed by atoms with Gasteiger partial charge in [0.1, 0.15) is 12.1 Å². The maximum absolute atomic E-state index is 12.8. The topological polar surface area (TPSA) is 117 Å².